The minimum Gasteiger partial charge on any atom is -0.481 e. The number of nitrogens with one attached hydrogen (secondary N) is 1. The minimum atomic E-state index is -5.08. The summed E-state index contributed by atoms with van der Waals surface area (Å²) >= 11 is 5.10. The molecule has 1 saturated carbocycles. The summed E-state index contributed by atoms with van der Waals surface area (Å²) < 4.78 is 32.8. The van der Waals surface area contributed by atoms with Crippen molar-refractivity contribution < 1.29 is 37.8 Å². The molecule has 1 heterocycles. The number of aliphatic carboxylic acids is 2. The Morgan fingerprint density at radius 1 is 1.25 bits per heavy atom. The molecule has 0 aliphatic heterocycles. The molecule has 1 aromatic rings. The van der Waals surface area contributed by atoms with Crippen LogP contribution in [0.15, 0.2) is 15.2 Å². The summed E-state index contributed by atoms with van der Waals surface area (Å²) in [6.07, 6.45) is -3.96. The summed E-state index contributed by atoms with van der Waals surface area (Å²) in [5.74, 6) is -1.48. The van der Waals surface area contributed by atoms with E-state index in [9.17, 15) is 22.8 Å². The maximum absolute atomic E-state index is 12.0. The van der Waals surface area contributed by atoms with Gasteiger partial charge in [0.25, 0.3) is 0 Å². The molecular formula is C15H17BrF3NO5S3. The lowest BCUT2D eigenvalue weighted by atomic mass is 10.2. The van der Waals surface area contributed by atoms with Crippen LogP contribution in [0, 0.1) is 5.92 Å². The van der Waals surface area contributed by atoms with Crippen LogP contribution >= 0.6 is 48.9 Å². The van der Waals surface area contributed by atoms with Crippen LogP contribution in [0.25, 0.3) is 0 Å². The Hall–Kier alpha value is -0.920. The minimum absolute atomic E-state index is 0.121. The molecule has 1 amide bonds. The lowest BCUT2D eigenvalue weighted by Crippen LogP contribution is -2.27. The van der Waals surface area contributed by atoms with E-state index >= 15 is 0 Å². The topological polar surface area (TPSA) is 104 Å². The molecule has 0 aromatic carbocycles. The van der Waals surface area contributed by atoms with Crippen LogP contribution in [0.3, 0.4) is 0 Å². The average Bonchev–Trinajstić information content (AvgIpc) is 3.27. The Balaban J connectivity index is 0.000000480. The second-order valence-electron chi connectivity index (χ2n) is 5.51. The maximum Gasteiger partial charge on any atom is 0.490 e. The first kappa shape index (κ1) is 25.1. The van der Waals surface area contributed by atoms with Gasteiger partial charge >= 0.3 is 18.1 Å². The molecule has 0 unspecified atom stereocenters. The number of carbonyl (C=O) groups excluding carboxylic acids is 1. The van der Waals surface area contributed by atoms with Crippen molar-refractivity contribution in [3.63, 3.8) is 0 Å². The van der Waals surface area contributed by atoms with Crippen molar-refractivity contribution in [2.75, 3.05) is 18.1 Å². The van der Waals surface area contributed by atoms with Crippen LogP contribution < -0.4 is 5.32 Å². The number of thiophene rings is 1. The summed E-state index contributed by atoms with van der Waals surface area (Å²) in [5, 5.41) is 20.7. The fraction of sp³-hybridized carbons (Fsp3) is 0.533. The molecule has 1 aliphatic carbocycles. The molecule has 158 valence electrons. The predicted octanol–water partition coefficient (Wildman–Crippen LogP) is 4.22. The molecule has 2 atom stereocenters. The van der Waals surface area contributed by atoms with Gasteiger partial charge in [0.15, 0.2) is 0 Å². The van der Waals surface area contributed by atoms with Gasteiger partial charge in [0.05, 0.1) is 10.2 Å². The van der Waals surface area contributed by atoms with Gasteiger partial charge in [0.1, 0.15) is 0 Å². The monoisotopic (exact) mass is 523 g/mol. The fourth-order valence-corrected chi connectivity index (χ4v) is 5.09. The Morgan fingerprint density at radius 2 is 1.86 bits per heavy atom. The number of carboxylic acid groups (broad SMARTS) is 2. The van der Waals surface area contributed by atoms with Gasteiger partial charge in [-0.25, -0.2) is 4.79 Å². The second-order valence-corrected chi connectivity index (χ2v) is 10.5. The largest absolute Gasteiger partial charge is 0.490 e. The zero-order valence-electron chi connectivity index (χ0n) is 14.2. The zero-order chi connectivity index (χ0) is 21.3. The van der Waals surface area contributed by atoms with Crippen molar-refractivity contribution in [1.29, 1.82) is 0 Å². The highest BCUT2D eigenvalue weighted by molar-refractivity contribution is 9.11. The van der Waals surface area contributed by atoms with E-state index in [0.29, 0.717) is 18.2 Å². The van der Waals surface area contributed by atoms with Crippen LogP contribution in [0.5, 0.6) is 0 Å². The molecule has 13 heteroatoms. The number of halogens is 4. The van der Waals surface area contributed by atoms with Crippen molar-refractivity contribution in [3.05, 3.63) is 20.8 Å². The third-order valence-corrected chi connectivity index (χ3v) is 7.28. The number of hydrogen-bond acceptors (Lipinski definition) is 6. The lowest BCUT2D eigenvalue weighted by Gasteiger charge is -2.04. The second kappa shape index (κ2) is 11.9. The normalized spacial score (nSPS) is 18.0. The summed E-state index contributed by atoms with van der Waals surface area (Å²) in [4.78, 5) is 31.2. The molecular weight excluding hydrogens is 507 g/mol. The number of carbonyl (C=O) groups is 3. The molecule has 0 bridgehead atoms. The molecule has 6 nitrogen and oxygen atoms in total. The maximum atomic E-state index is 12.0. The Labute approximate surface area is 179 Å². The smallest absolute Gasteiger partial charge is 0.481 e. The van der Waals surface area contributed by atoms with Gasteiger partial charge in [0.2, 0.25) is 5.91 Å². The number of hydrogen-bond donors (Lipinski definition) is 3. The zero-order valence-corrected chi connectivity index (χ0v) is 18.2. The molecule has 1 fully saturated rings. The number of carboxylic acids is 2. The highest BCUT2D eigenvalue weighted by Gasteiger charge is 2.44. The van der Waals surface area contributed by atoms with E-state index < -0.39 is 18.1 Å². The Morgan fingerprint density at radius 3 is 2.36 bits per heavy atom. The van der Waals surface area contributed by atoms with E-state index in [1.807, 2.05) is 0 Å². The van der Waals surface area contributed by atoms with E-state index in [-0.39, 0.29) is 18.2 Å². The first-order chi connectivity index (χ1) is 13.0. The first-order valence-corrected chi connectivity index (χ1v) is 12.0. The first-order valence-electron chi connectivity index (χ1n) is 7.80. The molecule has 28 heavy (non-hydrogen) atoms. The predicted molar refractivity (Wildman–Crippen MR) is 107 cm³/mol. The SMILES string of the molecule is O=C(O)C(F)(F)F.O=C(O)CCSSCCNC(=O)[C@@H]1C[C@H]1c1csc(Br)c1. The van der Waals surface area contributed by atoms with Crippen LogP contribution in [0.4, 0.5) is 13.2 Å². The molecule has 1 aliphatic rings. The van der Waals surface area contributed by atoms with E-state index in [4.69, 9.17) is 15.0 Å². The van der Waals surface area contributed by atoms with E-state index in [0.717, 1.165) is 16.0 Å². The van der Waals surface area contributed by atoms with Gasteiger partial charge in [-0.05, 0) is 45.3 Å². The Kier molecular flexibility index (Phi) is 10.7. The quantitative estimate of drug-likeness (QED) is 0.328. The number of amides is 1. The van der Waals surface area contributed by atoms with E-state index in [1.54, 1.807) is 22.1 Å². The van der Waals surface area contributed by atoms with Crippen LogP contribution in [0.2, 0.25) is 0 Å². The number of alkyl halides is 3. The Bertz CT molecular complexity index is 686. The summed E-state index contributed by atoms with van der Waals surface area (Å²) in [5.41, 5.74) is 1.26. The van der Waals surface area contributed by atoms with Crippen molar-refractivity contribution in [3.8, 4) is 0 Å². The fourth-order valence-electron chi connectivity index (χ4n) is 1.96. The summed E-state index contributed by atoms with van der Waals surface area (Å²) in [7, 11) is 3.14. The lowest BCUT2D eigenvalue weighted by molar-refractivity contribution is -0.192. The van der Waals surface area contributed by atoms with Crippen molar-refractivity contribution in [2.24, 2.45) is 5.92 Å². The van der Waals surface area contributed by atoms with Gasteiger partial charge < -0.3 is 15.5 Å². The van der Waals surface area contributed by atoms with E-state index in [1.165, 1.54) is 16.4 Å². The number of rotatable bonds is 9. The highest BCUT2D eigenvalue weighted by atomic mass is 79.9. The highest BCUT2D eigenvalue weighted by Crippen LogP contribution is 2.49. The molecule has 3 N–H and O–H groups in total. The van der Waals surface area contributed by atoms with Gasteiger partial charge in [-0.1, -0.05) is 21.6 Å². The van der Waals surface area contributed by atoms with E-state index in [2.05, 4.69) is 32.7 Å². The molecule has 0 radical (unpaired) electrons. The van der Waals surface area contributed by atoms with Crippen LogP contribution in [-0.2, 0) is 14.4 Å². The molecule has 2 rings (SSSR count). The van der Waals surface area contributed by atoms with Crippen LogP contribution in [-0.4, -0.2) is 52.3 Å². The molecule has 0 spiro atoms. The standard InChI is InChI=1S/C13H16BrNO3S3.C2HF3O2/c14-11-5-8(7-19-11)9-6-10(9)13(18)15-2-4-21-20-3-1-12(16)17;3-2(4,5)1(6)7/h5,7,9-10H,1-4,6H2,(H,15,18)(H,16,17);(H,6,7)/t9-,10+;/m0./s1. The van der Waals surface area contributed by atoms with Gasteiger partial charge in [0, 0.05) is 24.0 Å². The average molecular weight is 524 g/mol. The third-order valence-electron chi connectivity index (χ3n) is 3.35. The molecule has 0 saturated heterocycles. The summed E-state index contributed by atoms with van der Waals surface area (Å²) in [6.45, 7) is 0.639. The third kappa shape index (κ3) is 10.0. The van der Waals surface area contributed by atoms with Gasteiger partial charge in [-0.15, -0.1) is 11.3 Å². The summed E-state index contributed by atoms with van der Waals surface area (Å²) in [6, 6.07) is 2.09. The van der Waals surface area contributed by atoms with Crippen LogP contribution in [0.1, 0.15) is 24.3 Å². The molecule has 1 aromatic heterocycles. The van der Waals surface area contributed by atoms with Gasteiger partial charge in [-0.2, -0.15) is 13.2 Å². The van der Waals surface area contributed by atoms with Crippen molar-refractivity contribution in [1.82, 2.24) is 5.32 Å². The van der Waals surface area contributed by atoms with Crippen molar-refractivity contribution >= 4 is 66.7 Å². The van der Waals surface area contributed by atoms with Crippen molar-refractivity contribution in [2.45, 2.75) is 24.9 Å². The van der Waals surface area contributed by atoms with Gasteiger partial charge in [-0.3, -0.25) is 9.59 Å².